The van der Waals surface area contributed by atoms with Gasteiger partial charge in [-0.3, -0.25) is 9.69 Å². The van der Waals surface area contributed by atoms with Crippen molar-refractivity contribution in [3.05, 3.63) is 59.6 Å². The Balaban J connectivity index is 1.45. The summed E-state index contributed by atoms with van der Waals surface area (Å²) in [4.78, 5) is 24.6. The van der Waals surface area contributed by atoms with Gasteiger partial charge in [0, 0.05) is 17.6 Å². The van der Waals surface area contributed by atoms with Gasteiger partial charge in [-0.05, 0) is 49.2 Å². The van der Waals surface area contributed by atoms with Gasteiger partial charge in [0.2, 0.25) is 0 Å². The third-order valence-corrected chi connectivity index (χ3v) is 7.18. The highest BCUT2D eigenvalue weighted by Crippen LogP contribution is 2.32. The zero-order valence-electron chi connectivity index (χ0n) is 17.0. The summed E-state index contributed by atoms with van der Waals surface area (Å²) < 4.78 is 12.1. The lowest BCUT2D eigenvalue weighted by atomic mass is 10.2. The Bertz CT molecular complexity index is 1160. The number of nitrogens with zero attached hydrogens (tertiary/aromatic N) is 3. The number of hydrogen-bond donors (Lipinski definition) is 0. The van der Waals surface area contributed by atoms with Crippen molar-refractivity contribution in [3.8, 4) is 16.3 Å². The van der Waals surface area contributed by atoms with Gasteiger partial charge < -0.3 is 9.47 Å². The molecule has 1 aliphatic rings. The highest BCUT2D eigenvalue weighted by molar-refractivity contribution is 7.22. The number of fused-ring (bicyclic) bond motifs is 1. The van der Waals surface area contributed by atoms with Gasteiger partial charge in [0.05, 0.1) is 30.0 Å². The number of thiazole rings is 2. The van der Waals surface area contributed by atoms with Crippen molar-refractivity contribution in [2.75, 3.05) is 25.2 Å². The second-order valence-electron chi connectivity index (χ2n) is 7.28. The number of amides is 1. The van der Waals surface area contributed by atoms with E-state index in [0.717, 1.165) is 46.0 Å². The molecule has 0 spiro atoms. The van der Waals surface area contributed by atoms with Gasteiger partial charge in [0.1, 0.15) is 16.5 Å². The molecule has 1 fully saturated rings. The van der Waals surface area contributed by atoms with Crippen LogP contribution < -0.4 is 9.64 Å². The minimum atomic E-state index is -0.148. The van der Waals surface area contributed by atoms with E-state index in [-0.39, 0.29) is 12.0 Å². The van der Waals surface area contributed by atoms with E-state index in [9.17, 15) is 4.79 Å². The predicted molar refractivity (Wildman–Crippen MR) is 124 cm³/mol. The Labute approximate surface area is 188 Å². The number of carbonyl (C=O) groups is 1. The average Bonchev–Trinajstić information content (AvgIpc) is 3.57. The van der Waals surface area contributed by atoms with Crippen LogP contribution in [0.5, 0.6) is 5.75 Å². The van der Waals surface area contributed by atoms with E-state index in [4.69, 9.17) is 14.5 Å². The first kappa shape index (κ1) is 20.1. The lowest BCUT2D eigenvalue weighted by molar-refractivity contribution is 0.0914. The van der Waals surface area contributed by atoms with Crippen molar-refractivity contribution in [3.63, 3.8) is 0 Å². The molecule has 0 bridgehead atoms. The van der Waals surface area contributed by atoms with E-state index in [0.29, 0.717) is 17.4 Å². The summed E-state index contributed by atoms with van der Waals surface area (Å²) in [6.45, 7) is 1.22. The average molecular weight is 452 g/mol. The zero-order chi connectivity index (χ0) is 21.2. The Kier molecular flexibility index (Phi) is 5.67. The summed E-state index contributed by atoms with van der Waals surface area (Å²) in [6, 6.07) is 15.6. The standard InChI is InChI=1S/C23H21N3O3S2/c1-28-16-10-8-15(9-11-16)21-24-19(14-30-21)22(27)26(13-17-5-4-12-29-17)23-25-18-6-2-3-7-20(18)31-23/h2-3,6-11,14,17H,4-5,12-13H2,1H3/t17-/m1/s1. The molecular weight excluding hydrogens is 430 g/mol. The fourth-order valence-corrected chi connectivity index (χ4v) is 5.36. The lowest BCUT2D eigenvalue weighted by Crippen LogP contribution is -2.37. The van der Waals surface area contributed by atoms with E-state index in [2.05, 4.69) is 4.98 Å². The summed E-state index contributed by atoms with van der Waals surface area (Å²) >= 11 is 2.98. The predicted octanol–water partition coefficient (Wildman–Crippen LogP) is 5.25. The maximum absolute atomic E-state index is 13.5. The number of ether oxygens (including phenoxy) is 2. The fourth-order valence-electron chi connectivity index (χ4n) is 3.59. The van der Waals surface area contributed by atoms with Gasteiger partial charge in [0.25, 0.3) is 5.91 Å². The molecule has 31 heavy (non-hydrogen) atoms. The molecule has 0 N–H and O–H groups in total. The van der Waals surface area contributed by atoms with Crippen LogP contribution in [0.2, 0.25) is 0 Å². The third-order valence-electron chi connectivity index (χ3n) is 5.23. The molecular formula is C23H21N3O3S2. The largest absolute Gasteiger partial charge is 0.497 e. The van der Waals surface area contributed by atoms with Gasteiger partial charge in [-0.1, -0.05) is 23.5 Å². The second-order valence-corrected chi connectivity index (χ2v) is 9.15. The van der Waals surface area contributed by atoms with Crippen LogP contribution in [-0.4, -0.2) is 42.2 Å². The van der Waals surface area contributed by atoms with E-state index in [1.807, 2.05) is 53.9 Å². The van der Waals surface area contributed by atoms with Crippen LogP contribution >= 0.6 is 22.7 Å². The molecule has 1 atom stereocenters. The first-order valence-electron chi connectivity index (χ1n) is 10.1. The molecule has 1 amide bonds. The topological polar surface area (TPSA) is 64.5 Å². The summed E-state index contributed by atoms with van der Waals surface area (Å²) in [5.41, 5.74) is 2.27. The molecule has 8 heteroatoms. The molecule has 4 aromatic rings. The Hall–Kier alpha value is -2.81. The number of anilines is 1. The van der Waals surface area contributed by atoms with Crippen LogP contribution in [0.3, 0.4) is 0 Å². The molecule has 2 aromatic heterocycles. The molecule has 0 aliphatic carbocycles. The number of methoxy groups -OCH3 is 1. The van der Waals surface area contributed by atoms with Crippen molar-refractivity contribution in [2.45, 2.75) is 18.9 Å². The first-order valence-corrected chi connectivity index (χ1v) is 11.8. The highest BCUT2D eigenvalue weighted by atomic mass is 32.1. The molecule has 0 unspecified atom stereocenters. The molecule has 1 saturated heterocycles. The molecule has 6 nitrogen and oxygen atoms in total. The van der Waals surface area contributed by atoms with Crippen molar-refractivity contribution in [1.29, 1.82) is 0 Å². The van der Waals surface area contributed by atoms with E-state index in [1.165, 1.54) is 22.7 Å². The molecule has 158 valence electrons. The minimum Gasteiger partial charge on any atom is -0.497 e. The number of benzene rings is 2. The second kappa shape index (κ2) is 8.74. The van der Waals surface area contributed by atoms with Crippen LogP contribution in [0.25, 0.3) is 20.8 Å². The van der Waals surface area contributed by atoms with Crippen LogP contribution in [0.4, 0.5) is 5.13 Å². The molecule has 0 radical (unpaired) electrons. The Morgan fingerprint density at radius 3 is 2.77 bits per heavy atom. The normalized spacial score (nSPS) is 16.0. The lowest BCUT2D eigenvalue weighted by Gasteiger charge is -2.22. The van der Waals surface area contributed by atoms with Crippen molar-refractivity contribution >= 4 is 43.9 Å². The monoisotopic (exact) mass is 451 g/mol. The van der Waals surface area contributed by atoms with Gasteiger partial charge in [-0.15, -0.1) is 11.3 Å². The van der Waals surface area contributed by atoms with Crippen molar-refractivity contribution in [2.24, 2.45) is 0 Å². The van der Waals surface area contributed by atoms with Crippen LogP contribution in [0.15, 0.2) is 53.9 Å². The van der Waals surface area contributed by atoms with Crippen LogP contribution in [-0.2, 0) is 4.74 Å². The number of aromatic nitrogens is 2. The number of carbonyl (C=O) groups excluding carboxylic acids is 1. The van der Waals surface area contributed by atoms with E-state index < -0.39 is 0 Å². The van der Waals surface area contributed by atoms with Crippen LogP contribution in [0.1, 0.15) is 23.3 Å². The Morgan fingerprint density at radius 2 is 2.03 bits per heavy atom. The summed E-state index contributed by atoms with van der Waals surface area (Å²) in [6.07, 6.45) is 1.99. The molecule has 2 aromatic carbocycles. The zero-order valence-corrected chi connectivity index (χ0v) is 18.6. The van der Waals surface area contributed by atoms with E-state index in [1.54, 1.807) is 12.0 Å². The Morgan fingerprint density at radius 1 is 1.19 bits per heavy atom. The van der Waals surface area contributed by atoms with Gasteiger partial charge in [-0.25, -0.2) is 9.97 Å². The first-order chi connectivity index (χ1) is 15.2. The minimum absolute atomic E-state index is 0.0238. The quantitative estimate of drug-likeness (QED) is 0.400. The van der Waals surface area contributed by atoms with Crippen molar-refractivity contribution in [1.82, 2.24) is 9.97 Å². The van der Waals surface area contributed by atoms with E-state index >= 15 is 0 Å². The van der Waals surface area contributed by atoms with Crippen molar-refractivity contribution < 1.29 is 14.3 Å². The molecule has 0 saturated carbocycles. The molecule has 3 heterocycles. The number of para-hydroxylation sites is 1. The molecule has 1 aliphatic heterocycles. The summed E-state index contributed by atoms with van der Waals surface area (Å²) in [5, 5.41) is 3.30. The van der Waals surface area contributed by atoms with Gasteiger partial charge in [0.15, 0.2) is 5.13 Å². The summed E-state index contributed by atoms with van der Waals surface area (Å²) in [7, 11) is 1.64. The smallest absolute Gasteiger partial charge is 0.279 e. The SMILES string of the molecule is COc1ccc(-c2nc(C(=O)N(C[C@H]3CCCO3)c3nc4ccccc4s3)cs2)cc1. The number of hydrogen-bond acceptors (Lipinski definition) is 7. The number of rotatable bonds is 6. The fraction of sp³-hybridized carbons (Fsp3) is 0.261. The third kappa shape index (κ3) is 4.19. The summed E-state index contributed by atoms with van der Waals surface area (Å²) in [5.74, 6) is 0.640. The molecule has 5 rings (SSSR count). The maximum Gasteiger partial charge on any atom is 0.279 e. The van der Waals surface area contributed by atoms with Crippen LogP contribution in [0, 0.1) is 0 Å². The van der Waals surface area contributed by atoms with Gasteiger partial charge >= 0.3 is 0 Å². The highest BCUT2D eigenvalue weighted by Gasteiger charge is 2.28. The van der Waals surface area contributed by atoms with Gasteiger partial charge in [-0.2, -0.15) is 0 Å². The maximum atomic E-state index is 13.5.